The number of hydrogen-bond donors (Lipinski definition) is 1. The molecule has 0 amide bonds. The molecule has 2 aliphatic carbocycles. The molecule has 0 bridgehead atoms. The first kappa shape index (κ1) is 12.4. The molecule has 1 aromatic rings. The molecule has 0 aliphatic heterocycles. The van der Waals surface area contributed by atoms with E-state index in [4.69, 9.17) is 17.3 Å². The van der Waals surface area contributed by atoms with Gasteiger partial charge in [0.05, 0.1) is 5.02 Å². The highest BCUT2D eigenvalue weighted by Gasteiger charge is 2.52. The number of nitrogens with two attached hydrogens (primary N) is 1. The van der Waals surface area contributed by atoms with E-state index in [0.717, 1.165) is 23.8 Å². The third-order valence-corrected chi connectivity index (χ3v) is 4.96. The molecule has 2 fully saturated rings. The smallest absolute Gasteiger partial charge is 0.141 e. The summed E-state index contributed by atoms with van der Waals surface area (Å²) in [5.41, 5.74) is 7.38. The van der Waals surface area contributed by atoms with Crippen LogP contribution in [-0.4, -0.2) is 6.04 Å². The fourth-order valence-electron chi connectivity index (χ4n) is 3.76. The fraction of sp³-hybridized carbons (Fsp3) is 0.600. The van der Waals surface area contributed by atoms with Crippen LogP contribution in [-0.2, 0) is 6.42 Å². The van der Waals surface area contributed by atoms with Gasteiger partial charge in [-0.15, -0.1) is 0 Å². The summed E-state index contributed by atoms with van der Waals surface area (Å²) in [6.45, 7) is 0. The number of benzene rings is 1. The average molecular weight is 268 g/mol. The van der Waals surface area contributed by atoms with Crippen LogP contribution in [0.25, 0.3) is 0 Å². The summed E-state index contributed by atoms with van der Waals surface area (Å²) in [6, 6.07) is 5.15. The van der Waals surface area contributed by atoms with Gasteiger partial charge in [-0.2, -0.15) is 0 Å². The highest BCUT2D eigenvalue weighted by Crippen LogP contribution is 2.56. The van der Waals surface area contributed by atoms with Crippen molar-refractivity contribution in [3.05, 3.63) is 34.6 Å². The number of rotatable bonds is 3. The van der Waals surface area contributed by atoms with E-state index < -0.39 is 0 Å². The van der Waals surface area contributed by atoms with Gasteiger partial charge >= 0.3 is 0 Å². The topological polar surface area (TPSA) is 26.0 Å². The molecule has 1 nitrogen and oxygen atoms in total. The zero-order valence-corrected chi connectivity index (χ0v) is 11.2. The van der Waals surface area contributed by atoms with Crippen LogP contribution in [0.15, 0.2) is 18.2 Å². The van der Waals surface area contributed by atoms with Gasteiger partial charge in [0.15, 0.2) is 0 Å². The maximum absolute atomic E-state index is 13.1. The van der Waals surface area contributed by atoms with Gasteiger partial charge in [0.1, 0.15) is 5.82 Å². The standard InChI is InChI=1S/C15H19ClFN/c16-12-7-9(5-6-13(12)17)8-14(18)15-10-3-1-2-4-11(10)15/h5-7,10-11,14-15H,1-4,8,18H2. The van der Waals surface area contributed by atoms with Crippen LogP contribution in [0, 0.1) is 23.6 Å². The highest BCUT2D eigenvalue weighted by atomic mass is 35.5. The molecule has 0 aromatic heterocycles. The Balaban J connectivity index is 1.64. The van der Waals surface area contributed by atoms with Gasteiger partial charge in [-0.1, -0.05) is 30.5 Å². The Hall–Kier alpha value is -0.600. The summed E-state index contributed by atoms with van der Waals surface area (Å²) < 4.78 is 13.1. The minimum atomic E-state index is -0.353. The van der Waals surface area contributed by atoms with Crippen molar-refractivity contribution in [1.82, 2.24) is 0 Å². The molecule has 0 heterocycles. The van der Waals surface area contributed by atoms with Gasteiger partial charge in [-0.05, 0) is 54.7 Å². The first-order valence-electron chi connectivity index (χ1n) is 6.86. The van der Waals surface area contributed by atoms with Crippen molar-refractivity contribution in [2.75, 3.05) is 0 Å². The molecule has 0 radical (unpaired) electrons. The van der Waals surface area contributed by atoms with Crippen molar-refractivity contribution in [3.63, 3.8) is 0 Å². The molecule has 98 valence electrons. The Morgan fingerprint density at radius 2 is 1.94 bits per heavy atom. The van der Waals surface area contributed by atoms with Crippen molar-refractivity contribution >= 4 is 11.6 Å². The van der Waals surface area contributed by atoms with E-state index in [1.165, 1.54) is 31.7 Å². The van der Waals surface area contributed by atoms with Crippen LogP contribution in [0.3, 0.4) is 0 Å². The maximum atomic E-state index is 13.1. The van der Waals surface area contributed by atoms with E-state index >= 15 is 0 Å². The summed E-state index contributed by atoms with van der Waals surface area (Å²) in [5, 5.41) is 0.202. The fourth-order valence-corrected chi connectivity index (χ4v) is 3.96. The Kier molecular flexibility index (Phi) is 3.33. The van der Waals surface area contributed by atoms with Gasteiger partial charge in [0, 0.05) is 6.04 Å². The Morgan fingerprint density at radius 1 is 1.28 bits per heavy atom. The van der Waals surface area contributed by atoms with Gasteiger partial charge < -0.3 is 5.73 Å². The molecule has 2 N–H and O–H groups in total. The molecule has 18 heavy (non-hydrogen) atoms. The van der Waals surface area contributed by atoms with Crippen LogP contribution in [0.2, 0.25) is 5.02 Å². The van der Waals surface area contributed by atoms with Crippen molar-refractivity contribution in [3.8, 4) is 0 Å². The van der Waals surface area contributed by atoms with E-state index in [9.17, 15) is 4.39 Å². The Morgan fingerprint density at radius 3 is 2.56 bits per heavy atom. The molecule has 3 rings (SSSR count). The van der Waals surface area contributed by atoms with E-state index in [1.54, 1.807) is 12.1 Å². The van der Waals surface area contributed by atoms with E-state index in [2.05, 4.69) is 0 Å². The molecular formula is C15H19ClFN. The molecule has 3 unspecified atom stereocenters. The van der Waals surface area contributed by atoms with E-state index in [1.807, 2.05) is 0 Å². The summed E-state index contributed by atoms with van der Waals surface area (Å²) in [7, 11) is 0. The molecule has 3 atom stereocenters. The third-order valence-electron chi connectivity index (χ3n) is 4.67. The molecule has 2 aliphatic rings. The van der Waals surface area contributed by atoms with Crippen LogP contribution < -0.4 is 5.73 Å². The second-order valence-corrected chi connectivity index (χ2v) is 6.21. The molecule has 3 heteroatoms. The highest BCUT2D eigenvalue weighted by molar-refractivity contribution is 6.30. The summed E-state index contributed by atoms with van der Waals surface area (Å²) >= 11 is 5.80. The predicted molar refractivity (Wildman–Crippen MR) is 72.0 cm³/mol. The minimum absolute atomic E-state index is 0.202. The monoisotopic (exact) mass is 267 g/mol. The largest absolute Gasteiger partial charge is 0.327 e. The molecule has 0 saturated heterocycles. The average Bonchev–Trinajstić information content (AvgIpc) is 3.08. The van der Waals surface area contributed by atoms with Crippen molar-refractivity contribution in [1.29, 1.82) is 0 Å². The summed E-state index contributed by atoms with van der Waals surface area (Å²) in [5.74, 6) is 2.07. The Bertz CT molecular complexity index is 436. The number of fused-ring (bicyclic) bond motifs is 1. The lowest BCUT2D eigenvalue weighted by Gasteiger charge is -2.12. The lowest BCUT2D eigenvalue weighted by Crippen LogP contribution is -2.26. The van der Waals surface area contributed by atoms with Gasteiger partial charge in [0.2, 0.25) is 0 Å². The molecule has 1 aromatic carbocycles. The van der Waals surface area contributed by atoms with Crippen molar-refractivity contribution in [2.24, 2.45) is 23.5 Å². The van der Waals surface area contributed by atoms with Crippen LogP contribution >= 0.6 is 11.6 Å². The maximum Gasteiger partial charge on any atom is 0.141 e. The zero-order valence-electron chi connectivity index (χ0n) is 10.4. The van der Waals surface area contributed by atoms with Crippen molar-refractivity contribution < 1.29 is 4.39 Å². The van der Waals surface area contributed by atoms with Crippen LogP contribution in [0.4, 0.5) is 4.39 Å². The van der Waals surface area contributed by atoms with Crippen LogP contribution in [0.5, 0.6) is 0 Å². The predicted octanol–water partition coefficient (Wildman–Crippen LogP) is 3.79. The quantitative estimate of drug-likeness (QED) is 0.886. The minimum Gasteiger partial charge on any atom is -0.327 e. The number of halogens is 2. The van der Waals surface area contributed by atoms with Crippen molar-refractivity contribution in [2.45, 2.75) is 38.1 Å². The van der Waals surface area contributed by atoms with E-state index in [-0.39, 0.29) is 16.9 Å². The second-order valence-electron chi connectivity index (χ2n) is 5.81. The van der Waals surface area contributed by atoms with Gasteiger partial charge in [0.25, 0.3) is 0 Å². The van der Waals surface area contributed by atoms with E-state index in [0.29, 0.717) is 5.92 Å². The lowest BCUT2D eigenvalue weighted by atomic mass is 10.0. The first-order chi connectivity index (χ1) is 8.66. The summed E-state index contributed by atoms with van der Waals surface area (Å²) in [6.07, 6.45) is 6.26. The second kappa shape index (κ2) is 4.82. The third kappa shape index (κ3) is 2.28. The summed E-state index contributed by atoms with van der Waals surface area (Å²) in [4.78, 5) is 0. The molecule has 0 spiro atoms. The first-order valence-corrected chi connectivity index (χ1v) is 7.24. The SMILES string of the molecule is NC(Cc1ccc(F)c(Cl)c1)C1C2CCCCC21. The molecular weight excluding hydrogens is 249 g/mol. The number of hydrogen-bond acceptors (Lipinski definition) is 1. The normalized spacial score (nSPS) is 31.8. The van der Waals surface area contributed by atoms with Gasteiger partial charge in [-0.3, -0.25) is 0 Å². The molecule has 2 saturated carbocycles. The lowest BCUT2D eigenvalue weighted by molar-refractivity contribution is 0.480. The van der Waals surface area contributed by atoms with Gasteiger partial charge in [-0.25, -0.2) is 4.39 Å². The Labute approximate surface area is 113 Å². The zero-order chi connectivity index (χ0) is 12.7. The van der Waals surface area contributed by atoms with Crippen LogP contribution in [0.1, 0.15) is 31.2 Å².